The van der Waals surface area contributed by atoms with Crippen molar-refractivity contribution in [3.63, 3.8) is 0 Å². The van der Waals surface area contributed by atoms with Crippen molar-refractivity contribution in [1.82, 2.24) is 5.06 Å². The molecule has 4 unspecified atom stereocenters. The summed E-state index contributed by atoms with van der Waals surface area (Å²) in [6.45, 7) is 5.35. The molecule has 2 aliphatic heterocycles. The smallest absolute Gasteiger partial charge is 0.448 e. The van der Waals surface area contributed by atoms with Crippen LogP contribution in [0.15, 0.2) is 97.1 Å². The van der Waals surface area contributed by atoms with E-state index in [1.165, 1.54) is 10.4 Å². The number of hydrogen-bond acceptors (Lipinski definition) is 9. The first kappa shape index (κ1) is 37.9. The Morgan fingerprint density at radius 1 is 0.712 bits per heavy atom. The van der Waals surface area contributed by atoms with Crippen LogP contribution in [0.1, 0.15) is 53.9 Å². The molecule has 10 nitrogen and oxygen atoms in total. The molecule has 0 bridgehead atoms. The van der Waals surface area contributed by atoms with E-state index in [2.05, 4.69) is 54.6 Å². The van der Waals surface area contributed by atoms with Gasteiger partial charge in [0.15, 0.2) is 6.29 Å². The molecule has 2 fully saturated rings. The van der Waals surface area contributed by atoms with Gasteiger partial charge in [-0.1, -0.05) is 91.0 Å². The Kier molecular flexibility index (Phi) is 14.9. The first-order valence-corrected chi connectivity index (χ1v) is 18.4. The minimum absolute atomic E-state index is 0.0673. The van der Waals surface area contributed by atoms with Gasteiger partial charge in [0.1, 0.15) is 0 Å². The summed E-state index contributed by atoms with van der Waals surface area (Å²) in [5.74, 6) is -0.163. The van der Waals surface area contributed by atoms with Crippen molar-refractivity contribution in [3.8, 4) is 0 Å². The second kappa shape index (κ2) is 20.4. The second-order valence-corrected chi connectivity index (χ2v) is 13.4. The van der Waals surface area contributed by atoms with Crippen molar-refractivity contribution in [2.75, 3.05) is 52.7 Å². The van der Waals surface area contributed by atoms with E-state index in [1.54, 1.807) is 0 Å². The van der Waals surface area contributed by atoms with Gasteiger partial charge in [-0.2, -0.15) is 0 Å². The molecule has 2 saturated heterocycles. The average molecular weight is 714 g/mol. The van der Waals surface area contributed by atoms with Crippen molar-refractivity contribution in [1.29, 1.82) is 0 Å². The van der Waals surface area contributed by atoms with Crippen molar-refractivity contribution < 1.29 is 43.2 Å². The summed E-state index contributed by atoms with van der Waals surface area (Å²) < 4.78 is 36.1. The Morgan fingerprint density at radius 2 is 1.44 bits per heavy atom. The maximum absolute atomic E-state index is 11.7. The lowest BCUT2D eigenvalue weighted by Crippen LogP contribution is -2.50. The van der Waals surface area contributed by atoms with E-state index in [-0.39, 0.29) is 24.2 Å². The zero-order valence-corrected chi connectivity index (χ0v) is 29.8. The molecule has 0 aromatic heterocycles. The topological polar surface area (TPSA) is 105 Å². The highest BCUT2D eigenvalue weighted by molar-refractivity contribution is 5.82. The van der Waals surface area contributed by atoms with E-state index in [1.807, 2.05) is 42.5 Å². The Morgan fingerprint density at radius 3 is 2.19 bits per heavy atom. The maximum atomic E-state index is 11.7. The fraction of sp³-hybridized carbons (Fsp3) is 0.452. The highest BCUT2D eigenvalue weighted by Crippen LogP contribution is 2.36. The van der Waals surface area contributed by atoms with Crippen LogP contribution in [-0.2, 0) is 53.1 Å². The van der Waals surface area contributed by atoms with Crippen LogP contribution >= 0.6 is 0 Å². The minimum atomic E-state index is -1.34. The maximum Gasteiger partial charge on any atom is 0.525 e. The quantitative estimate of drug-likeness (QED) is 0.0971. The third-order valence-corrected chi connectivity index (χ3v) is 9.54. The lowest BCUT2D eigenvalue weighted by atomic mass is 9.79. The van der Waals surface area contributed by atoms with Gasteiger partial charge in [-0.05, 0) is 64.8 Å². The lowest BCUT2D eigenvalue weighted by molar-refractivity contribution is -0.186. The van der Waals surface area contributed by atoms with Gasteiger partial charge < -0.3 is 38.4 Å². The van der Waals surface area contributed by atoms with Crippen LogP contribution in [-0.4, -0.2) is 81.4 Å². The van der Waals surface area contributed by atoms with Gasteiger partial charge in [-0.25, -0.2) is 4.79 Å². The second-order valence-electron chi connectivity index (χ2n) is 13.4. The minimum Gasteiger partial charge on any atom is -0.448 e. The molecule has 0 radical (unpaired) electrons. The van der Waals surface area contributed by atoms with E-state index in [0.717, 1.165) is 59.9 Å². The molecule has 278 valence electrons. The molecule has 6 rings (SSSR count). The van der Waals surface area contributed by atoms with E-state index < -0.39 is 6.16 Å². The van der Waals surface area contributed by atoms with Crippen molar-refractivity contribution in [3.05, 3.63) is 119 Å². The molecule has 4 atom stereocenters. The number of piperidine rings is 1. The first-order valence-electron chi connectivity index (χ1n) is 18.4. The van der Waals surface area contributed by atoms with Crippen LogP contribution in [0, 0.1) is 5.92 Å². The van der Waals surface area contributed by atoms with Gasteiger partial charge in [0, 0.05) is 31.6 Å². The summed E-state index contributed by atoms with van der Waals surface area (Å²) in [6.07, 6.45) is 2.05. The van der Waals surface area contributed by atoms with Crippen molar-refractivity contribution >= 4 is 16.9 Å². The molecule has 2 heterocycles. The fourth-order valence-electron chi connectivity index (χ4n) is 6.95. The van der Waals surface area contributed by atoms with Gasteiger partial charge in [0.2, 0.25) is 0 Å². The highest BCUT2D eigenvalue weighted by atomic mass is 16.8. The number of hydroxylamine groups is 2. The molecule has 0 spiro atoms. The van der Waals surface area contributed by atoms with Gasteiger partial charge in [-0.3, -0.25) is 0 Å². The van der Waals surface area contributed by atoms with E-state index in [9.17, 15) is 9.90 Å². The number of benzene rings is 4. The monoisotopic (exact) mass is 713 g/mol. The van der Waals surface area contributed by atoms with Crippen LogP contribution in [0.2, 0.25) is 0 Å². The predicted octanol–water partition coefficient (Wildman–Crippen LogP) is 7.73. The summed E-state index contributed by atoms with van der Waals surface area (Å²) in [5.41, 5.74) is 4.34. The van der Waals surface area contributed by atoms with Crippen molar-refractivity contribution in [2.24, 2.45) is 5.92 Å². The molecule has 4 aromatic rings. The van der Waals surface area contributed by atoms with Gasteiger partial charge in [0.25, 0.3) is 0 Å². The number of carboxylic acid groups (broad SMARTS) is 1. The van der Waals surface area contributed by atoms with Crippen LogP contribution in [0.3, 0.4) is 0 Å². The number of carbonyl (C=O) groups is 1. The summed E-state index contributed by atoms with van der Waals surface area (Å²) >= 11 is 0. The molecule has 0 amide bonds. The molecular formula is C42H51NO9. The molecule has 2 aliphatic rings. The number of ether oxygens (including phenoxy) is 6. The van der Waals surface area contributed by atoms with Gasteiger partial charge >= 0.3 is 6.16 Å². The number of fused-ring (bicyclic) bond motifs is 1. The average Bonchev–Trinajstić information content (AvgIpc) is 3.17. The normalized spacial score (nSPS) is 20.9. The number of hydrogen-bond donors (Lipinski definition) is 1. The number of nitrogens with zero attached hydrogens (tertiary/aromatic N) is 1. The molecule has 52 heavy (non-hydrogen) atoms. The first-order chi connectivity index (χ1) is 25.6. The Balaban J connectivity index is 1.09. The van der Waals surface area contributed by atoms with Crippen molar-refractivity contribution in [2.45, 2.75) is 63.8 Å². The van der Waals surface area contributed by atoms with E-state index in [4.69, 9.17) is 33.3 Å². The van der Waals surface area contributed by atoms with E-state index in [0.29, 0.717) is 65.9 Å². The summed E-state index contributed by atoms with van der Waals surface area (Å²) in [5, 5.41) is 13.3. The molecule has 10 heteroatoms. The molecular weight excluding hydrogens is 662 g/mol. The molecule has 1 N–H and O–H groups in total. The third-order valence-electron chi connectivity index (χ3n) is 9.54. The Labute approximate surface area is 306 Å². The SMILES string of the molecule is O=C(O)ON1CC(COCCCOC2CCCCO2)C(c2ccc(COCCOCc3ccccc3)cc2)C(OCc2ccc3ccccc3c2)C1. The highest BCUT2D eigenvalue weighted by Gasteiger charge is 2.40. The predicted molar refractivity (Wildman–Crippen MR) is 197 cm³/mol. The van der Waals surface area contributed by atoms with Crippen LogP contribution in [0.4, 0.5) is 4.79 Å². The summed E-state index contributed by atoms with van der Waals surface area (Å²) in [4.78, 5) is 16.9. The van der Waals surface area contributed by atoms with E-state index >= 15 is 0 Å². The fourth-order valence-corrected chi connectivity index (χ4v) is 6.95. The number of rotatable bonds is 19. The zero-order valence-electron chi connectivity index (χ0n) is 29.8. The standard InChI is InChI=1S/C42H51NO9/c44-42(45)52-43-26-38(31-46-20-8-22-50-40-13-6-7-21-49-40)41(39(27-43)51-30-34-16-17-35-11-4-5-12-37(35)25-34)36-18-14-33(15-19-36)29-48-24-23-47-28-32-9-2-1-3-10-32/h1-5,9-12,14-19,25,38-41H,6-8,13,20-24,26-31H2,(H,44,45). The van der Waals surface area contributed by atoms with Gasteiger partial charge in [-0.15, -0.1) is 5.06 Å². The van der Waals surface area contributed by atoms with Crippen LogP contribution in [0.5, 0.6) is 0 Å². The summed E-state index contributed by atoms with van der Waals surface area (Å²) in [6, 6.07) is 33.1. The molecule has 0 aliphatic carbocycles. The largest absolute Gasteiger partial charge is 0.525 e. The summed E-state index contributed by atoms with van der Waals surface area (Å²) in [7, 11) is 0. The van der Waals surface area contributed by atoms with Crippen LogP contribution in [0.25, 0.3) is 10.8 Å². The third kappa shape index (κ3) is 11.8. The van der Waals surface area contributed by atoms with Gasteiger partial charge in [0.05, 0.1) is 58.9 Å². The van der Waals surface area contributed by atoms with Crippen LogP contribution < -0.4 is 0 Å². The zero-order chi connectivity index (χ0) is 35.8. The lowest BCUT2D eigenvalue weighted by Gasteiger charge is -2.42. The Hall–Kier alpha value is -3.87. The Bertz CT molecular complexity index is 1630. The molecule has 0 saturated carbocycles. The molecule has 4 aromatic carbocycles.